The van der Waals surface area contributed by atoms with Crippen molar-refractivity contribution in [3.63, 3.8) is 0 Å². The quantitative estimate of drug-likeness (QED) is 0.385. The zero-order valence-corrected chi connectivity index (χ0v) is 21.9. The van der Waals surface area contributed by atoms with Crippen LogP contribution in [0.4, 0.5) is 11.4 Å². The third-order valence-corrected chi connectivity index (χ3v) is 6.98. The minimum Gasteiger partial charge on any atom is -0.497 e. The van der Waals surface area contributed by atoms with E-state index in [0.29, 0.717) is 38.9 Å². The van der Waals surface area contributed by atoms with E-state index in [9.17, 15) is 9.59 Å². The molecule has 1 saturated heterocycles. The molecule has 0 spiro atoms. The molecule has 1 N–H and O–H groups in total. The zero-order chi connectivity index (χ0) is 25.7. The second-order valence-corrected chi connectivity index (χ2v) is 9.92. The van der Waals surface area contributed by atoms with Crippen molar-refractivity contribution in [2.75, 3.05) is 19.5 Å². The van der Waals surface area contributed by atoms with Gasteiger partial charge in [0.2, 0.25) is 11.8 Å². The van der Waals surface area contributed by atoms with Crippen LogP contribution in [0.2, 0.25) is 10.0 Å². The number of benzene rings is 3. The molecule has 1 aliphatic rings. The van der Waals surface area contributed by atoms with Crippen LogP contribution in [-0.2, 0) is 16.1 Å². The van der Waals surface area contributed by atoms with E-state index in [-0.39, 0.29) is 18.2 Å². The van der Waals surface area contributed by atoms with Crippen LogP contribution in [0.5, 0.6) is 11.5 Å². The third-order valence-electron chi connectivity index (χ3n) is 5.36. The van der Waals surface area contributed by atoms with Gasteiger partial charge in [-0.25, -0.2) is 4.99 Å². The van der Waals surface area contributed by atoms with Gasteiger partial charge in [0.1, 0.15) is 16.7 Å². The molecular formula is C26H23Cl2N3O4S. The van der Waals surface area contributed by atoms with Gasteiger partial charge in [0.15, 0.2) is 5.17 Å². The maximum absolute atomic E-state index is 13.3. The molecule has 0 bridgehead atoms. The zero-order valence-electron chi connectivity index (χ0n) is 19.5. The third kappa shape index (κ3) is 6.51. The van der Waals surface area contributed by atoms with Crippen molar-refractivity contribution in [3.05, 3.63) is 82.3 Å². The molecule has 1 atom stereocenters. The Morgan fingerprint density at radius 1 is 1.00 bits per heavy atom. The number of anilines is 1. The van der Waals surface area contributed by atoms with Crippen molar-refractivity contribution < 1.29 is 19.1 Å². The van der Waals surface area contributed by atoms with Gasteiger partial charge in [0, 0.05) is 22.2 Å². The van der Waals surface area contributed by atoms with Crippen molar-refractivity contribution in [1.82, 2.24) is 4.90 Å². The molecular weight excluding hydrogens is 521 g/mol. The molecule has 0 aromatic heterocycles. The summed E-state index contributed by atoms with van der Waals surface area (Å²) in [5, 5.41) is 3.35. The first kappa shape index (κ1) is 25.9. The van der Waals surface area contributed by atoms with Crippen LogP contribution in [0.15, 0.2) is 71.7 Å². The van der Waals surface area contributed by atoms with E-state index in [0.717, 1.165) is 11.3 Å². The first-order valence-electron chi connectivity index (χ1n) is 10.9. The first-order valence-corrected chi connectivity index (χ1v) is 12.6. The monoisotopic (exact) mass is 543 g/mol. The van der Waals surface area contributed by atoms with E-state index in [1.165, 1.54) is 11.8 Å². The Kier molecular flexibility index (Phi) is 8.40. The highest BCUT2D eigenvalue weighted by atomic mass is 35.5. The van der Waals surface area contributed by atoms with Crippen LogP contribution in [-0.4, -0.2) is 41.4 Å². The summed E-state index contributed by atoms with van der Waals surface area (Å²) in [7, 11) is 3.19. The number of hydrogen-bond acceptors (Lipinski definition) is 6. The molecule has 0 saturated carbocycles. The summed E-state index contributed by atoms with van der Waals surface area (Å²) in [5.74, 6) is 0.876. The Morgan fingerprint density at radius 3 is 2.17 bits per heavy atom. The Bertz CT molecular complexity index is 1260. The van der Waals surface area contributed by atoms with Gasteiger partial charge in [-0.05, 0) is 60.2 Å². The second kappa shape index (κ2) is 11.7. The summed E-state index contributed by atoms with van der Waals surface area (Å²) in [6, 6.07) is 19.4. The summed E-state index contributed by atoms with van der Waals surface area (Å²) < 4.78 is 10.4. The summed E-state index contributed by atoms with van der Waals surface area (Å²) >= 11 is 13.3. The predicted molar refractivity (Wildman–Crippen MR) is 145 cm³/mol. The normalized spacial score (nSPS) is 16.7. The topological polar surface area (TPSA) is 80.2 Å². The van der Waals surface area contributed by atoms with Gasteiger partial charge in [-0.3, -0.25) is 14.5 Å². The number of rotatable bonds is 7. The van der Waals surface area contributed by atoms with Crippen LogP contribution in [0.1, 0.15) is 12.0 Å². The number of carbonyl (C=O) groups excluding carboxylic acids is 2. The molecule has 0 aliphatic carbocycles. The standard InChI is InChI=1S/C26H23Cl2N3O4S/c1-34-21-7-3-16(4-8-21)15-31-24(32)14-23(25(33)29-20-12-17(27)11-18(28)13-20)36-26(31)30-19-5-9-22(35-2)10-6-19/h3-13,23H,14-15H2,1-2H3,(H,29,33). The minimum atomic E-state index is -0.681. The van der Waals surface area contributed by atoms with Gasteiger partial charge in [0.25, 0.3) is 0 Å². The van der Waals surface area contributed by atoms with Gasteiger partial charge < -0.3 is 14.8 Å². The van der Waals surface area contributed by atoms with Crippen molar-refractivity contribution in [2.24, 2.45) is 4.99 Å². The number of nitrogens with zero attached hydrogens (tertiary/aromatic N) is 2. The number of hydrogen-bond donors (Lipinski definition) is 1. The van der Waals surface area contributed by atoms with Crippen LogP contribution < -0.4 is 14.8 Å². The second-order valence-electron chi connectivity index (χ2n) is 7.88. The molecule has 7 nitrogen and oxygen atoms in total. The van der Waals surface area contributed by atoms with E-state index < -0.39 is 5.25 Å². The highest BCUT2D eigenvalue weighted by Gasteiger charge is 2.36. The highest BCUT2D eigenvalue weighted by molar-refractivity contribution is 8.15. The lowest BCUT2D eigenvalue weighted by molar-refractivity contribution is -0.129. The molecule has 1 unspecified atom stereocenters. The van der Waals surface area contributed by atoms with E-state index in [2.05, 4.69) is 5.32 Å². The van der Waals surface area contributed by atoms with Crippen molar-refractivity contribution in [3.8, 4) is 11.5 Å². The van der Waals surface area contributed by atoms with E-state index in [1.807, 2.05) is 24.3 Å². The van der Waals surface area contributed by atoms with Crippen LogP contribution in [0.3, 0.4) is 0 Å². The van der Waals surface area contributed by atoms with E-state index in [1.54, 1.807) is 61.6 Å². The fourth-order valence-electron chi connectivity index (χ4n) is 3.53. The van der Waals surface area contributed by atoms with Crippen molar-refractivity contribution in [1.29, 1.82) is 0 Å². The largest absolute Gasteiger partial charge is 0.497 e. The lowest BCUT2D eigenvalue weighted by Gasteiger charge is -2.32. The molecule has 10 heteroatoms. The Morgan fingerprint density at radius 2 is 1.58 bits per heavy atom. The van der Waals surface area contributed by atoms with E-state index >= 15 is 0 Å². The number of nitrogens with one attached hydrogen (secondary N) is 1. The number of ether oxygens (including phenoxy) is 2. The molecule has 2 amide bonds. The SMILES string of the molecule is COc1ccc(CN2C(=O)CC(C(=O)Nc3cc(Cl)cc(Cl)c3)SC2=Nc2ccc(OC)cc2)cc1. The van der Waals surface area contributed by atoms with Gasteiger partial charge in [-0.15, -0.1) is 0 Å². The Hall–Kier alpha value is -3.20. The van der Waals surface area contributed by atoms with Crippen molar-refractivity contribution in [2.45, 2.75) is 18.2 Å². The molecule has 4 rings (SSSR count). The summed E-state index contributed by atoms with van der Waals surface area (Å²) in [6.45, 7) is 0.309. The summed E-state index contributed by atoms with van der Waals surface area (Å²) in [6.07, 6.45) is 0.0165. The number of methoxy groups -OCH3 is 2. The molecule has 1 aliphatic heterocycles. The van der Waals surface area contributed by atoms with Crippen LogP contribution in [0.25, 0.3) is 0 Å². The molecule has 0 radical (unpaired) electrons. The smallest absolute Gasteiger partial charge is 0.238 e. The predicted octanol–water partition coefficient (Wildman–Crippen LogP) is 6.17. The fourth-order valence-corrected chi connectivity index (χ4v) is 5.15. The van der Waals surface area contributed by atoms with Gasteiger partial charge in [0.05, 0.1) is 26.5 Å². The molecule has 186 valence electrons. The lowest BCUT2D eigenvalue weighted by Crippen LogP contribution is -2.44. The Balaban J connectivity index is 1.60. The van der Waals surface area contributed by atoms with Crippen molar-refractivity contribution >= 4 is 63.3 Å². The number of halogens is 2. The minimum absolute atomic E-state index is 0.0165. The number of thioether (sulfide) groups is 1. The fraction of sp³-hybridized carbons (Fsp3) is 0.192. The maximum atomic E-state index is 13.3. The number of aliphatic imine (C=N–C) groups is 1. The molecule has 1 heterocycles. The molecule has 3 aromatic carbocycles. The highest BCUT2D eigenvalue weighted by Crippen LogP contribution is 2.32. The number of amides is 2. The van der Waals surface area contributed by atoms with Gasteiger partial charge in [-0.2, -0.15) is 0 Å². The molecule has 3 aromatic rings. The van der Waals surface area contributed by atoms with Gasteiger partial charge in [-0.1, -0.05) is 47.1 Å². The lowest BCUT2D eigenvalue weighted by atomic mass is 10.2. The summed E-state index contributed by atoms with van der Waals surface area (Å²) in [5.41, 5.74) is 2.00. The Labute approximate surface area is 223 Å². The van der Waals surface area contributed by atoms with Gasteiger partial charge >= 0.3 is 0 Å². The number of carbonyl (C=O) groups is 2. The maximum Gasteiger partial charge on any atom is 0.238 e. The van der Waals surface area contributed by atoms with E-state index in [4.69, 9.17) is 37.7 Å². The number of amidine groups is 1. The van der Waals surface area contributed by atoms with Crippen LogP contribution >= 0.6 is 35.0 Å². The average Bonchev–Trinajstić information content (AvgIpc) is 2.86. The first-order chi connectivity index (χ1) is 17.3. The van der Waals surface area contributed by atoms with Crippen LogP contribution in [0, 0.1) is 0 Å². The summed E-state index contributed by atoms with van der Waals surface area (Å²) in [4.78, 5) is 32.6. The molecule has 36 heavy (non-hydrogen) atoms. The molecule has 1 fully saturated rings. The average molecular weight is 544 g/mol.